The summed E-state index contributed by atoms with van der Waals surface area (Å²) in [4.78, 5) is 15.4. The van der Waals surface area contributed by atoms with E-state index in [9.17, 15) is 20.1 Å². The molecule has 0 spiro atoms. The van der Waals surface area contributed by atoms with Crippen molar-refractivity contribution in [3.63, 3.8) is 0 Å². The quantitative estimate of drug-likeness (QED) is 0.383. The molecule has 0 radical (unpaired) electrons. The van der Waals surface area contributed by atoms with Crippen molar-refractivity contribution in [2.24, 2.45) is 0 Å². The zero-order chi connectivity index (χ0) is 23.2. The molecule has 1 aliphatic heterocycles. The molecule has 4 aromatic carbocycles. The fourth-order valence-corrected chi connectivity index (χ4v) is 4.90. The highest BCUT2D eigenvalue weighted by atomic mass is 35.5. The van der Waals surface area contributed by atoms with Crippen LogP contribution in [0.25, 0.3) is 0 Å². The number of fused-ring (bicyclic) bond motifs is 1. The molecule has 33 heavy (non-hydrogen) atoms. The minimum absolute atomic E-state index is 0.108. The van der Waals surface area contributed by atoms with Gasteiger partial charge in [-0.2, -0.15) is 0 Å². The number of nitrogens with zero attached hydrogens (tertiary/aromatic N) is 1. The summed E-state index contributed by atoms with van der Waals surface area (Å²) in [5.74, 6) is -1.18. The van der Waals surface area contributed by atoms with Crippen LogP contribution in [0.2, 0.25) is 5.02 Å². The third kappa shape index (κ3) is 3.20. The molecule has 0 bridgehead atoms. The number of phenols is 3. The Balaban J connectivity index is 1.89. The molecule has 5 rings (SSSR count). The van der Waals surface area contributed by atoms with Crippen LogP contribution in [-0.4, -0.2) is 26.1 Å². The van der Waals surface area contributed by atoms with E-state index in [0.717, 1.165) is 5.56 Å². The summed E-state index contributed by atoms with van der Waals surface area (Å²) < 4.78 is 0. The Kier molecular flexibility index (Phi) is 4.99. The largest absolute Gasteiger partial charge is 0.508 e. The van der Waals surface area contributed by atoms with Gasteiger partial charge in [-0.15, -0.1) is 0 Å². The second-order valence-corrected chi connectivity index (χ2v) is 8.44. The molecule has 3 N–H and O–H groups in total. The van der Waals surface area contributed by atoms with E-state index in [1.54, 1.807) is 41.3 Å². The lowest BCUT2D eigenvalue weighted by molar-refractivity contribution is 0.0652. The van der Waals surface area contributed by atoms with Crippen molar-refractivity contribution in [2.75, 3.05) is 0 Å². The summed E-state index contributed by atoms with van der Waals surface area (Å²) in [6.45, 7) is 0.219. The molecular formula is C27H20ClNO4. The predicted molar refractivity (Wildman–Crippen MR) is 126 cm³/mol. The van der Waals surface area contributed by atoms with Gasteiger partial charge < -0.3 is 20.2 Å². The third-order valence-corrected chi connectivity index (χ3v) is 6.34. The van der Waals surface area contributed by atoms with E-state index in [4.69, 9.17) is 11.6 Å². The van der Waals surface area contributed by atoms with E-state index >= 15 is 0 Å². The lowest BCUT2D eigenvalue weighted by atomic mass is 9.76. The summed E-state index contributed by atoms with van der Waals surface area (Å²) in [5.41, 5.74) is 1.35. The van der Waals surface area contributed by atoms with Crippen molar-refractivity contribution in [2.45, 2.75) is 12.1 Å². The van der Waals surface area contributed by atoms with Crippen molar-refractivity contribution in [3.05, 3.63) is 124 Å². The molecule has 0 aromatic heterocycles. The Labute approximate surface area is 195 Å². The summed E-state index contributed by atoms with van der Waals surface area (Å²) in [5, 5.41) is 32.5. The van der Waals surface area contributed by atoms with Crippen molar-refractivity contribution >= 4 is 17.5 Å². The maximum Gasteiger partial charge on any atom is 0.255 e. The highest BCUT2D eigenvalue weighted by molar-refractivity contribution is 6.30. The number of hydrogen-bond donors (Lipinski definition) is 3. The first-order valence-electron chi connectivity index (χ1n) is 10.4. The third-order valence-electron chi connectivity index (χ3n) is 6.09. The topological polar surface area (TPSA) is 81.0 Å². The summed E-state index contributed by atoms with van der Waals surface area (Å²) >= 11 is 6.18. The average molecular weight is 458 g/mol. The lowest BCUT2D eigenvalue weighted by Crippen LogP contribution is -2.45. The molecule has 1 unspecified atom stereocenters. The van der Waals surface area contributed by atoms with E-state index in [0.29, 0.717) is 21.7 Å². The minimum atomic E-state index is -1.37. The zero-order valence-electron chi connectivity index (χ0n) is 17.4. The number of halogens is 1. The number of hydrogen-bond acceptors (Lipinski definition) is 4. The van der Waals surface area contributed by atoms with E-state index in [1.807, 2.05) is 42.5 Å². The van der Waals surface area contributed by atoms with Crippen LogP contribution in [0.4, 0.5) is 0 Å². The Hall–Kier alpha value is -3.96. The van der Waals surface area contributed by atoms with Crippen LogP contribution in [0.1, 0.15) is 32.6 Å². The first kappa shape index (κ1) is 20.9. The molecule has 1 amide bonds. The molecule has 6 heteroatoms. The second kappa shape index (κ2) is 7.87. The van der Waals surface area contributed by atoms with Crippen molar-refractivity contribution in [3.8, 4) is 17.2 Å². The van der Waals surface area contributed by atoms with E-state index in [-0.39, 0.29) is 35.3 Å². The first-order chi connectivity index (χ1) is 15.9. The molecular weight excluding hydrogens is 438 g/mol. The fourth-order valence-electron chi connectivity index (χ4n) is 4.77. The predicted octanol–water partition coefficient (Wildman–Crippen LogP) is 5.40. The van der Waals surface area contributed by atoms with Gasteiger partial charge in [0, 0.05) is 29.3 Å². The van der Waals surface area contributed by atoms with Crippen LogP contribution in [0, 0.1) is 0 Å². The first-order valence-corrected chi connectivity index (χ1v) is 10.8. The van der Waals surface area contributed by atoms with Gasteiger partial charge in [0.05, 0.1) is 5.56 Å². The van der Waals surface area contributed by atoms with E-state index in [1.165, 1.54) is 12.1 Å². The number of aromatic hydroxyl groups is 3. The monoisotopic (exact) mass is 457 g/mol. The number of rotatable bonds is 4. The van der Waals surface area contributed by atoms with Gasteiger partial charge in [-0.05, 0) is 34.9 Å². The summed E-state index contributed by atoms with van der Waals surface area (Å²) in [6.07, 6.45) is 0. The Morgan fingerprint density at radius 1 is 0.788 bits per heavy atom. The van der Waals surface area contributed by atoms with Crippen LogP contribution in [0.15, 0.2) is 91.0 Å². The number of carbonyl (C=O) groups is 1. The molecule has 164 valence electrons. The molecule has 1 heterocycles. The number of carbonyl (C=O) groups excluding carboxylic acids is 1. The van der Waals surface area contributed by atoms with Crippen LogP contribution in [0.5, 0.6) is 17.2 Å². The fraction of sp³-hybridized carbons (Fsp3) is 0.0741. The van der Waals surface area contributed by atoms with E-state index < -0.39 is 5.54 Å². The van der Waals surface area contributed by atoms with Gasteiger partial charge in [-0.3, -0.25) is 4.79 Å². The standard InChI is InChI=1S/C27H20ClNO4/c28-19-12-10-18(11-13-19)27(25-23(31)14-20(30)15-24(25)32)22-9-5-4-8-21(22)26(33)29(27)16-17-6-2-1-3-7-17/h1-15,30-32H,16H2. The van der Waals surface area contributed by atoms with Gasteiger partial charge >= 0.3 is 0 Å². The lowest BCUT2D eigenvalue weighted by Gasteiger charge is -2.41. The minimum Gasteiger partial charge on any atom is -0.508 e. The maximum absolute atomic E-state index is 13.8. The Morgan fingerprint density at radius 2 is 1.39 bits per heavy atom. The number of benzene rings is 4. The maximum atomic E-state index is 13.8. The zero-order valence-corrected chi connectivity index (χ0v) is 18.2. The van der Waals surface area contributed by atoms with Gasteiger partial charge in [-0.25, -0.2) is 0 Å². The SMILES string of the molecule is O=C1c2ccccc2C(c2ccc(Cl)cc2)(c2c(O)cc(O)cc2O)N1Cc1ccccc1. The van der Waals surface area contributed by atoms with Gasteiger partial charge in [0.1, 0.15) is 22.8 Å². The van der Waals surface area contributed by atoms with E-state index in [2.05, 4.69) is 0 Å². The Morgan fingerprint density at radius 3 is 2.06 bits per heavy atom. The molecule has 1 aliphatic rings. The van der Waals surface area contributed by atoms with Crippen LogP contribution < -0.4 is 0 Å². The molecule has 0 saturated carbocycles. The number of phenolic OH excluding ortho intramolecular Hbond substituents is 3. The molecule has 4 aromatic rings. The highest BCUT2D eigenvalue weighted by Crippen LogP contribution is 2.55. The molecule has 0 fully saturated rings. The smallest absolute Gasteiger partial charge is 0.255 e. The molecule has 5 nitrogen and oxygen atoms in total. The van der Waals surface area contributed by atoms with Crippen molar-refractivity contribution < 1.29 is 20.1 Å². The number of amides is 1. The molecule has 1 atom stereocenters. The summed E-state index contributed by atoms with van der Waals surface area (Å²) in [6, 6.07) is 26.0. The van der Waals surface area contributed by atoms with Gasteiger partial charge in [0.2, 0.25) is 0 Å². The van der Waals surface area contributed by atoms with Crippen LogP contribution in [0.3, 0.4) is 0 Å². The van der Waals surface area contributed by atoms with Crippen molar-refractivity contribution in [1.29, 1.82) is 0 Å². The average Bonchev–Trinajstić information content (AvgIpc) is 3.04. The summed E-state index contributed by atoms with van der Waals surface area (Å²) in [7, 11) is 0. The normalized spacial score (nSPS) is 17.2. The van der Waals surface area contributed by atoms with Gasteiger partial charge in [0.15, 0.2) is 0 Å². The highest BCUT2D eigenvalue weighted by Gasteiger charge is 2.54. The van der Waals surface area contributed by atoms with Gasteiger partial charge in [-0.1, -0.05) is 72.3 Å². The van der Waals surface area contributed by atoms with Gasteiger partial charge in [0.25, 0.3) is 5.91 Å². The second-order valence-electron chi connectivity index (χ2n) is 8.00. The van der Waals surface area contributed by atoms with Crippen LogP contribution in [-0.2, 0) is 12.1 Å². The Bertz CT molecular complexity index is 1330. The molecule has 0 aliphatic carbocycles. The van der Waals surface area contributed by atoms with Crippen LogP contribution >= 0.6 is 11.6 Å². The molecule has 0 saturated heterocycles. The van der Waals surface area contributed by atoms with Crippen molar-refractivity contribution in [1.82, 2.24) is 4.90 Å².